The Kier molecular flexibility index (Phi) is 2.94. The van der Waals surface area contributed by atoms with Crippen LogP contribution in [0.1, 0.15) is 22.3 Å². The van der Waals surface area contributed by atoms with Crippen LogP contribution in [0.2, 0.25) is 0 Å². The van der Waals surface area contributed by atoms with Gasteiger partial charge in [-0.25, -0.2) is 0 Å². The van der Waals surface area contributed by atoms with Gasteiger partial charge in [-0.1, -0.05) is 24.3 Å². The topological polar surface area (TPSA) is 32.3 Å². The van der Waals surface area contributed by atoms with Crippen LogP contribution in [0.3, 0.4) is 0 Å². The lowest BCUT2D eigenvalue weighted by Gasteiger charge is -2.17. The van der Waals surface area contributed by atoms with Gasteiger partial charge in [0.1, 0.15) is 5.75 Å². The number of aryl methyl sites for hydroxylation is 2. The molecule has 0 fully saturated rings. The first-order valence-electron chi connectivity index (χ1n) is 6.77. The fourth-order valence-electron chi connectivity index (χ4n) is 2.84. The molecule has 2 N–H and O–H groups in total. The van der Waals surface area contributed by atoms with Gasteiger partial charge in [0.2, 0.25) is 0 Å². The summed E-state index contributed by atoms with van der Waals surface area (Å²) in [6.45, 7) is 3.97. The molecule has 0 aliphatic heterocycles. The third kappa shape index (κ3) is 2.30. The first-order valence-corrected chi connectivity index (χ1v) is 6.77. The maximum Gasteiger partial charge on any atom is 0.118 e. The van der Waals surface area contributed by atoms with Gasteiger partial charge in [0.25, 0.3) is 0 Å². The number of hydrogen-bond acceptors (Lipinski definition) is 2. The van der Waals surface area contributed by atoms with Crippen LogP contribution in [-0.4, -0.2) is 11.1 Å². The summed E-state index contributed by atoms with van der Waals surface area (Å²) < 4.78 is 0. The van der Waals surface area contributed by atoms with Crippen molar-refractivity contribution < 1.29 is 5.11 Å². The molecule has 98 valence electrons. The number of nitrogens with one attached hydrogen (secondary N) is 1. The summed E-state index contributed by atoms with van der Waals surface area (Å²) in [5.41, 5.74) is 6.05. The van der Waals surface area contributed by atoms with Gasteiger partial charge in [-0.05, 0) is 61.1 Å². The minimum Gasteiger partial charge on any atom is -0.508 e. The van der Waals surface area contributed by atoms with Crippen molar-refractivity contribution in [2.45, 2.75) is 32.7 Å². The minimum absolute atomic E-state index is 0.373. The fraction of sp³-hybridized carbons (Fsp3) is 0.294. The van der Waals surface area contributed by atoms with E-state index in [4.69, 9.17) is 0 Å². The standard InChI is InChI=1S/C17H19NO/c1-11-8-17(19)12(2)7-16(11)18-15-9-13-5-3-4-6-14(13)10-15/h3-8,15,18-19H,9-10H2,1-2H3. The Hall–Kier alpha value is -1.96. The summed E-state index contributed by atoms with van der Waals surface area (Å²) in [7, 11) is 0. The zero-order valence-electron chi connectivity index (χ0n) is 11.4. The zero-order chi connectivity index (χ0) is 13.4. The van der Waals surface area contributed by atoms with Crippen molar-refractivity contribution in [1.29, 1.82) is 0 Å². The fourth-order valence-corrected chi connectivity index (χ4v) is 2.84. The van der Waals surface area contributed by atoms with E-state index in [-0.39, 0.29) is 0 Å². The molecule has 0 saturated carbocycles. The second-order valence-corrected chi connectivity index (χ2v) is 5.47. The van der Waals surface area contributed by atoms with Crippen LogP contribution in [0.5, 0.6) is 5.75 Å². The molecule has 2 aromatic carbocycles. The van der Waals surface area contributed by atoms with Crippen molar-refractivity contribution in [2.75, 3.05) is 5.32 Å². The lowest BCUT2D eigenvalue weighted by atomic mass is 10.1. The first-order chi connectivity index (χ1) is 9.13. The molecule has 0 atom stereocenters. The molecule has 1 aliphatic carbocycles. The lowest BCUT2D eigenvalue weighted by Crippen LogP contribution is -2.20. The molecule has 0 aromatic heterocycles. The molecule has 0 bridgehead atoms. The van der Waals surface area contributed by atoms with Gasteiger partial charge in [0, 0.05) is 11.7 Å². The third-order valence-corrected chi connectivity index (χ3v) is 3.95. The number of fused-ring (bicyclic) bond motifs is 1. The quantitative estimate of drug-likeness (QED) is 0.802. The second-order valence-electron chi connectivity index (χ2n) is 5.47. The Balaban J connectivity index is 1.79. The summed E-state index contributed by atoms with van der Waals surface area (Å²) in [6.07, 6.45) is 2.16. The van der Waals surface area contributed by atoms with E-state index < -0.39 is 0 Å². The van der Waals surface area contributed by atoms with E-state index in [0.29, 0.717) is 11.8 Å². The summed E-state index contributed by atoms with van der Waals surface area (Å²) in [5, 5.41) is 13.3. The summed E-state index contributed by atoms with van der Waals surface area (Å²) in [4.78, 5) is 0. The van der Waals surface area contributed by atoms with Crippen LogP contribution >= 0.6 is 0 Å². The van der Waals surface area contributed by atoms with Crippen LogP contribution in [0.25, 0.3) is 0 Å². The molecule has 1 aliphatic rings. The number of benzene rings is 2. The van der Waals surface area contributed by atoms with E-state index in [1.807, 2.05) is 26.0 Å². The van der Waals surface area contributed by atoms with Gasteiger partial charge in [-0.3, -0.25) is 0 Å². The maximum atomic E-state index is 9.70. The summed E-state index contributed by atoms with van der Waals surface area (Å²) >= 11 is 0. The van der Waals surface area contributed by atoms with E-state index in [2.05, 4.69) is 29.6 Å². The molecule has 2 nitrogen and oxygen atoms in total. The van der Waals surface area contributed by atoms with Gasteiger partial charge in [0.05, 0.1) is 0 Å². The Labute approximate surface area is 114 Å². The molecule has 0 heterocycles. The highest BCUT2D eigenvalue weighted by atomic mass is 16.3. The SMILES string of the molecule is Cc1cc(NC2Cc3ccccc3C2)c(C)cc1O. The minimum atomic E-state index is 0.373. The number of rotatable bonds is 2. The highest BCUT2D eigenvalue weighted by molar-refractivity contribution is 5.58. The van der Waals surface area contributed by atoms with Gasteiger partial charge >= 0.3 is 0 Å². The third-order valence-electron chi connectivity index (χ3n) is 3.95. The first kappa shape index (κ1) is 12.1. The number of anilines is 1. The molecule has 0 saturated heterocycles. The van der Waals surface area contributed by atoms with Gasteiger partial charge in [0.15, 0.2) is 0 Å². The highest BCUT2D eigenvalue weighted by Gasteiger charge is 2.21. The van der Waals surface area contributed by atoms with Crippen molar-refractivity contribution in [1.82, 2.24) is 0 Å². The number of hydrogen-bond donors (Lipinski definition) is 2. The smallest absolute Gasteiger partial charge is 0.118 e. The average molecular weight is 253 g/mol. The van der Waals surface area contributed by atoms with Crippen LogP contribution in [-0.2, 0) is 12.8 Å². The molecule has 2 aromatic rings. The molecule has 0 radical (unpaired) electrons. The Morgan fingerprint density at radius 1 is 1.00 bits per heavy atom. The molecular weight excluding hydrogens is 234 g/mol. The van der Waals surface area contributed by atoms with Crippen molar-refractivity contribution >= 4 is 5.69 Å². The molecule has 0 spiro atoms. The second kappa shape index (κ2) is 4.61. The number of phenolic OH excluding ortho intramolecular Hbond substituents is 1. The van der Waals surface area contributed by atoms with Crippen molar-refractivity contribution in [2.24, 2.45) is 0 Å². The van der Waals surface area contributed by atoms with Crippen molar-refractivity contribution in [3.05, 3.63) is 58.7 Å². The molecule has 2 heteroatoms. The lowest BCUT2D eigenvalue weighted by molar-refractivity contribution is 0.470. The summed E-state index contributed by atoms with van der Waals surface area (Å²) in [5.74, 6) is 0.373. The predicted octanol–water partition coefficient (Wildman–Crippen LogP) is 3.59. The van der Waals surface area contributed by atoms with Gasteiger partial charge in [-0.15, -0.1) is 0 Å². The monoisotopic (exact) mass is 253 g/mol. The predicted molar refractivity (Wildman–Crippen MR) is 78.8 cm³/mol. The largest absolute Gasteiger partial charge is 0.508 e. The maximum absolute atomic E-state index is 9.70. The average Bonchev–Trinajstić information content (AvgIpc) is 2.78. The van der Waals surface area contributed by atoms with Gasteiger partial charge < -0.3 is 10.4 Å². The Morgan fingerprint density at radius 3 is 2.26 bits per heavy atom. The van der Waals surface area contributed by atoms with Crippen LogP contribution < -0.4 is 5.32 Å². The Bertz CT molecular complexity index is 594. The van der Waals surface area contributed by atoms with E-state index in [9.17, 15) is 5.11 Å². The van der Waals surface area contributed by atoms with E-state index >= 15 is 0 Å². The molecule has 0 amide bonds. The number of aromatic hydroxyl groups is 1. The van der Waals surface area contributed by atoms with Crippen LogP contribution in [0.15, 0.2) is 36.4 Å². The van der Waals surface area contributed by atoms with E-state index in [1.165, 1.54) is 11.1 Å². The number of phenols is 1. The molecular formula is C17H19NO. The van der Waals surface area contributed by atoms with E-state index in [1.54, 1.807) is 0 Å². The highest BCUT2D eigenvalue weighted by Crippen LogP contribution is 2.29. The Morgan fingerprint density at radius 2 is 1.63 bits per heavy atom. The van der Waals surface area contributed by atoms with Crippen LogP contribution in [0.4, 0.5) is 5.69 Å². The van der Waals surface area contributed by atoms with E-state index in [0.717, 1.165) is 29.7 Å². The zero-order valence-corrected chi connectivity index (χ0v) is 11.4. The van der Waals surface area contributed by atoms with Crippen LogP contribution in [0, 0.1) is 13.8 Å². The van der Waals surface area contributed by atoms with Crippen molar-refractivity contribution in [3.63, 3.8) is 0 Å². The van der Waals surface area contributed by atoms with Gasteiger partial charge in [-0.2, -0.15) is 0 Å². The molecule has 0 unspecified atom stereocenters. The molecule has 3 rings (SSSR count). The summed E-state index contributed by atoms with van der Waals surface area (Å²) in [6, 6.07) is 13.0. The van der Waals surface area contributed by atoms with Crippen molar-refractivity contribution in [3.8, 4) is 5.75 Å². The normalized spacial score (nSPS) is 14.4. The molecule has 19 heavy (non-hydrogen) atoms.